The number of amides is 2. The Morgan fingerprint density at radius 2 is 1.77 bits per heavy atom. The fourth-order valence-corrected chi connectivity index (χ4v) is 5.00. The number of carbonyl (C=O) groups is 3. The first kappa shape index (κ1) is 24.7. The normalized spacial score (nSPS) is 19.8. The van der Waals surface area contributed by atoms with Crippen molar-refractivity contribution in [1.29, 1.82) is 0 Å². The minimum Gasteiger partial charge on any atom is -0.480 e. The predicted molar refractivity (Wildman–Crippen MR) is 130 cm³/mol. The number of benzene rings is 2. The van der Waals surface area contributed by atoms with Gasteiger partial charge in [0, 0.05) is 19.1 Å². The number of rotatable bonds is 9. The van der Waals surface area contributed by atoms with Gasteiger partial charge in [0.2, 0.25) is 5.91 Å². The van der Waals surface area contributed by atoms with E-state index in [-0.39, 0.29) is 25.7 Å². The molecule has 186 valence electrons. The summed E-state index contributed by atoms with van der Waals surface area (Å²) in [6, 6.07) is 15.2. The second-order valence-electron chi connectivity index (χ2n) is 9.27. The molecule has 8 nitrogen and oxygen atoms in total. The van der Waals surface area contributed by atoms with E-state index in [0.717, 1.165) is 22.3 Å². The van der Waals surface area contributed by atoms with E-state index < -0.39 is 29.4 Å². The Balaban J connectivity index is 1.39. The van der Waals surface area contributed by atoms with Crippen LogP contribution in [0, 0.1) is 5.41 Å². The van der Waals surface area contributed by atoms with E-state index in [0.29, 0.717) is 32.3 Å². The molecule has 1 aliphatic carbocycles. The molecular weight excluding hydrogens is 448 g/mol. The molecule has 2 aromatic rings. The number of hydrogen-bond donors (Lipinski definition) is 3. The zero-order valence-electron chi connectivity index (χ0n) is 19.9. The summed E-state index contributed by atoms with van der Waals surface area (Å²) in [6.45, 7) is 2.68. The highest BCUT2D eigenvalue weighted by Gasteiger charge is 2.42. The zero-order valence-corrected chi connectivity index (χ0v) is 19.9. The number of fused-ring (bicyclic) bond motifs is 3. The first-order valence-corrected chi connectivity index (χ1v) is 12.2. The highest BCUT2D eigenvalue weighted by atomic mass is 16.5. The first-order valence-electron chi connectivity index (χ1n) is 12.2. The molecule has 1 unspecified atom stereocenters. The second kappa shape index (κ2) is 10.9. The SMILES string of the molecule is CCC[C@@H](NC(=O)C1(CNC(=O)OCC2c3ccccc3-c3ccccc32)CCCOC1)C(=O)O. The smallest absolute Gasteiger partial charge is 0.407 e. The quantitative estimate of drug-likeness (QED) is 0.504. The molecule has 1 saturated heterocycles. The van der Waals surface area contributed by atoms with Crippen molar-refractivity contribution in [1.82, 2.24) is 10.6 Å². The standard InChI is InChI=1S/C27H32N2O6/c1-2-8-23(24(30)31)29-25(32)27(13-7-14-34-17-27)16-28-26(33)35-15-22-20-11-5-3-9-18(20)19-10-4-6-12-21(19)22/h3-6,9-12,22-23H,2,7-8,13-17H2,1H3,(H,28,33)(H,29,32)(H,30,31)/t23-,27?/m1/s1. The molecule has 0 radical (unpaired) electrons. The molecule has 2 amide bonds. The molecule has 1 heterocycles. The third kappa shape index (κ3) is 5.32. The molecule has 1 aliphatic heterocycles. The van der Waals surface area contributed by atoms with Crippen molar-refractivity contribution >= 4 is 18.0 Å². The molecule has 2 aliphatic rings. The molecule has 8 heteroatoms. The molecule has 3 N–H and O–H groups in total. The summed E-state index contributed by atoms with van der Waals surface area (Å²) < 4.78 is 11.2. The molecule has 0 spiro atoms. The van der Waals surface area contributed by atoms with Gasteiger partial charge in [0.05, 0.1) is 12.0 Å². The lowest BCUT2D eigenvalue weighted by molar-refractivity contribution is -0.147. The number of carboxylic acid groups (broad SMARTS) is 1. The van der Waals surface area contributed by atoms with Crippen molar-refractivity contribution < 1.29 is 29.0 Å². The number of alkyl carbamates (subject to hydrolysis) is 1. The number of ether oxygens (including phenoxy) is 2. The molecule has 0 aromatic heterocycles. The van der Waals surface area contributed by atoms with Gasteiger partial charge in [0.25, 0.3) is 0 Å². The van der Waals surface area contributed by atoms with Crippen LogP contribution in [0.15, 0.2) is 48.5 Å². The van der Waals surface area contributed by atoms with Gasteiger partial charge in [-0.25, -0.2) is 9.59 Å². The average molecular weight is 481 g/mol. The van der Waals surface area contributed by atoms with Crippen LogP contribution in [-0.2, 0) is 19.1 Å². The van der Waals surface area contributed by atoms with Crippen LogP contribution in [0.1, 0.15) is 49.7 Å². The van der Waals surface area contributed by atoms with Gasteiger partial charge in [-0.1, -0.05) is 61.9 Å². The fraction of sp³-hybridized carbons (Fsp3) is 0.444. The average Bonchev–Trinajstić information content (AvgIpc) is 3.20. The van der Waals surface area contributed by atoms with Gasteiger partial charge < -0.3 is 25.2 Å². The first-order chi connectivity index (χ1) is 16.9. The lowest BCUT2D eigenvalue weighted by Crippen LogP contribution is -2.56. The second-order valence-corrected chi connectivity index (χ2v) is 9.27. The van der Waals surface area contributed by atoms with E-state index in [1.165, 1.54) is 0 Å². The van der Waals surface area contributed by atoms with Gasteiger partial charge in [-0.2, -0.15) is 0 Å². The van der Waals surface area contributed by atoms with Gasteiger partial charge in [-0.05, 0) is 41.5 Å². The summed E-state index contributed by atoms with van der Waals surface area (Å²) in [4.78, 5) is 37.3. The van der Waals surface area contributed by atoms with Gasteiger partial charge in [0.15, 0.2) is 0 Å². The van der Waals surface area contributed by atoms with E-state index in [2.05, 4.69) is 34.9 Å². The number of carboxylic acids is 1. The van der Waals surface area contributed by atoms with Crippen molar-refractivity contribution in [3.8, 4) is 11.1 Å². The van der Waals surface area contributed by atoms with Crippen LogP contribution in [0.2, 0.25) is 0 Å². The van der Waals surface area contributed by atoms with Crippen LogP contribution in [0.25, 0.3) is 11.1 Å². The van der Waals surface area contributed by atoms with Crippen molar-refractivity contribution in [3.05, 3.63) is 59.7 Å². The maximum atomic E-state index is 13.1. The third-order valence-corrected chi connectivity index (χ3v) is 6.90. The van der Waals surface area contributed by atoms with Crippen LogP contribution >= 0.6 is 0 Å². The van der Waals surface area contributed by atoms with Gasteiger partial charge >= 0.3 is 12.1 Å². The summed E-state index contributed by atoms with van der Waals surface area (Å²) in [5.74, 6) is -1.55. The van der Waals surface area contributed by atoms with Crippen LogP contribution in [0.5, 0.6) is 0 Å². The van der Waals surface area contributed by atoms with E-state index in [9.17, 15) is 19.5 Å². The lowest BCUT2D eigenvalue weighted by Gasteiger charge is -2.36. The topological polar surface area (TPSA) is 114 Å². The maximum absolute atomic E-state index is 13.1. The molecule has 2 atom stereocenters. The van der Waals surface area contributed by atoms with Gasteiger partial charge in [-0.3, -0.25) is 4.79 Å². The largest absolute Gasteiger partial charge is 0.480 e. The molecule has 35 heavy (non-hydrogen) atoms. The van der Waals surface area contributed by atoms with Crippen molar-refractivity contribution in [3.63, 3.8) is 0 Å². The minimum absolute atomic E-state index is 0.00791. The molecule has 4 rings (SSSR count). The summed E-state index contributed by atoms with van der Waals surface area (Å²) >= 11 is 0. The van der Waals surface area contributed by atoms with E-state index in [1.807, 2.05) is 31.2 Å². The highest BCUT2D eigenvalue weighted by molar-refractivity contribution is 5.88. The Bertz CT molecular complexity index is 1030. The summed E-state index contributed by atoms with van der Waals surface area (Å²) in [6.07, 6.45) is 1.47. The lowest BCUT2D eigenvalue weighted by atomic mass is 9.81. The maximum Gasteiger partial charge on any atom is 0.407 e. The molecular formula is C27H32N2O6. The van der Waals surface area contributed by atoms with Crippen molar-refractivity contribution in [2.45, 2.75) is 44.6 Å². The van der Waals surface area contributed by atoms with Crippen LogP contribution < -0.4 is 10.6 Å². The van der Waals surface area contributed by atoms with Crippen molar-refractivity contribution in [2.75, 3.05) is 26.4 Å². The van der Waals surface area contributed by atoms with Crippen LogP contribution in [0.3, 0.4) is 0 Å². The van der Waals surface area contributed by atoms with E-state index in [1.54, 1.807) is 0 Å². The number of aliphatic carboxylic acids is 1. The van der Waals surface area contributed by atoms with Gasteiger partial charge in [0.1, 0.15) is 12.6 Å². The Hall–Kier alpha value is -3.39. The number of carbonyl (C=O) groups excluding carboxylic acids is 2. The fourth-order valence-electron chi connectivity index (χ4n) is 5.00. The Kier molecular flexibility index (Phi) is 7.70. The summed E-state index contributed by atoms with van der Waals surface area (Å²) in [5.41, 5.74) is 3.49. The molecule has 2 aromatic carbocycles. The van der Waals surface area contributed by atoms with E-state index >= 15 is 0 Å². The number of hydrogen-bond acceptors (Lipinski definition) is 5. The summed E-state index contributed by atoms with van der Waals surface area (Å²) in [5, 5.41) is 14.8. The Morgan fingerprint density at radius 1 is 1.11 bits per heavy atom. The highest BCUT2D eigenvalue weighted by Crippen LogP contribution is 2.44. The number of nitrogens with one attached hydrogen (secondary N) is 2. The predicted octanol–water partition coefficient (Wildman–Crippen LogP) is 3.69. The monoisotopic (exact) mass is 480 g/mol. The Labute approximate surface area is 205 Å². The zero-order chi connectivity index (χ0) is 24.8. The summed E-state index contributed by atoms with van der Waals surface area (Å²) in [7, 11) is 0. The molecule has 0 saturated carbocycles. The molecule has 1 fully saturated rings. The minimum atomic E-state index is -1.07. The van der Waals surface area contributed by atoms with Crippen molar-refractivity contribution in [2.24, 2.45) is 5.41 Å². The van der Waals surface area contributed by atoms with Gasteiger partial charge in [-0.15, -0.1) is 0 Å². The Morgan fingerprint density at radius 3 is 2.34 bits per heavy atom. The van der Waals surface area contributed by atoms with Crippen LogP contribution in [0.4, 0.5) is 4.79 Å². The molecule has 0 bridgehead atoms. The third-order valence-electron chi connectivity index (χ3n) is 6.90. The van der Waals surface area contributed by atoms with Crippen LogP contribution in [-0.4, -0.2) is 55.5 Å². The van der Waals surface area contributed by atoms with E-state index in [4.69, 9.17) is 9.47 Å².